The molecule has 0 aliphatic rings. The van der Waals surface area contributed by atoms with Gasteiger partial charge in [-0.25, -0.2) is 13.6 Å². The maximum atomic E-state index is 12.7. The molecule has 2 amide bonds. The number of benzene rings is 1. The number of carboxylic acid groups (broad SMARTS) is 1. The van der Waals surface area contributed by atoms with Crippen LogP contribution in [-0.4, -0.2) is 52.3 Å². The molecule has 1 aromatic rings. The number of Topliss-reactive ketones (excluding diaryl/α,β-unsaturated/α-hetero) is 1. The molecule has 1 rings (SSSR count). The first-order valence-electron chi connectivity index (χ1n) is 9.01. The van der Waals surface area contributed by atoms with E-state index in [1.54, 1.807) is 13.8 Å². The van der Waals surface area contributed by atoms with Crippen molar-refractivity contribution in [2.45, 2.75) is 51.3 Å². The summed E-state index contributed by atoms with van der Waals surface area (Å²) in [6, 6.07) is 2.49. The molecule has 1 aromatic carbocycles. The van der Waals surface area contributed by atoms with Gasteiger partial charge in [-0.15, -0.1) is 0 Å². The standard InChI is InChI=1S/C19H23ClF2N2O6/c1-9(2)7-13(17(27)23-12(8-14(21)22)16(26)19(29)30)24-18(28)15(25)10-3-5-11(20)6-4-10/h3-6,9,12-15,25H,7-8H2,1-2H3,(H,23,27)(H,24,28)(H,29,30)/t12-,13-,15+/m0/s1. The summed E-state index contributed by atoms with van der Waals surface area (Å²) in [5, 5.41) is 23.6. The Labute approximate surface area is 176 Å². The predicted molar refractivity (Wildman–Crippen MR) is 103 cm³/mol. The quantitative estimate of drug-likeness (QED) is 0.381. The van der Waals surface area contributed by atoms with Crippen LogP contribution in [-0.2, 0) is 19.2 Å². The molecule has 0 aliphatic carbocycles. The number of carbonyl (C=O) groups is 4. The SMILES string of the molecule is CC(C)C[C@H](NC(=O)[C@H](O)c1ccc(Cl)cc1)C(=O)N[C@@H](CC(F)F)C(=O)C(=O)O. The van der Waals surface area contributed by atoms with Crippen molar-refractivity contribution in [2.24, 2.45) is 5.92 Å². The van der Waals surface area contributed by atoms with Crippen LogP contribution in [0.25, 0.3) is 0 Å². The van der Waals surface area contributed by atoms with Crippen molar-refractivity contribution in [2.75, 3.05) is 0 Å². The van der Waals surface area contributed by atoms with E-state index in [2.05, 4.69) is 5.32 Å². The van der Waals surface area contributed by atoms with Gasteiger partial charge in [0.1, 0.15) is 12.1 Å². The van der Waals surface area contributed by atoms with Crippen LogP contribution in [0, 0.1) is 5.92 Å². The molecule has 0 unspecified atom stereocenters. The van der Waals surface area contributed by atoms with Gasteiger partial charge >= 0.3 is 5.97 Å². The number of aliphatic hydroxyl groups is 1. The highest BCUT2D eigenvalue weighted by molar-refractivity contribution is 6.35. The van der Waals surface area contributed by atoms with E-state index in [0.717, 1.165) is 0 Å². The highest BCUT2D eigenvalue weighted by atomic mass is 35.5. The summed E-state index contributed by atoms with van der Waals surface area (Å²) in [6.07, 6.45) is -5.81. The van der Waals surface area contributed by atoms with Crippen LogP contribution >= 0.6 is 11.6 Å². The molecule has 0 heterocycles. The second-order valence-electron chi connectivity index (χ2n) is 7.00. The summed E-state index contributed by atoms with van der Waals surface area (Å²) in [7, 11) is 0. The van der Waals surface area contributed by atoms with Crippen molar-refractivity contribution in [3.05, 3.63) is 34.9 Å². The van der Waals surface area contributed by atoms with Gasteiger partial charge in [-0.05, 0) is 30.0 Å². The number of alkyl halides is 2. The molecule has 11 heteroatoms. The largest absolute Gasteiger partial charge is 0.475 e. The second kappa shape index (κ2) is 11.6. The maximum Gasteiger partial charge on any atom is 0.374 e. The number of rotatable bonds is 11. The summed E-state index contributed by atoms with van der Waals surface area (Å²) >= 11 is 5.75. The molecule has 0 spiro atoms. The molecule has 0 bridgehead atoms. The van der Waals surface area contributed by atoms with Gasteiger partial charge in [0.2, 0.25) is 12.3 Å². The summed E-state index contributed by atoms with van der Waals surface area (Å²) in [6.45, 7) is 3.45. The zero-order chi connectivity index (χ0) is 23.0. The third kappa shape index (κ3) is 8.03. The average molecular weight is 449 g/mol. The smallest absolute Gasteiger partial charge is 0.374 e. The number of halogens is 3. The van der Waals surface area contributed by atoms with E-state index < -0.39 is 54.6 Å². The van der Waals surface area contributed by atoms with Crippen molar-refractivity contribution < 1.29 is 38.2 Å². The fourth-order valence-electron chi connectivity index (χ4n) is 2.58. The summed E-state index contributed by atoms with van der Waals surface area (Å²) in [5.74, 6) is -5.66. The monoisotopic (exact) mass is 448 g/mol. The number of hydrogen-bond acceptors (Lipinski definition) is 5. The molecule has 3 atom stereocenters. The molecule has 0 aliphatic heterocycles. The van der Waals surface area contributed by atoms with Crippen LogP contribution in [0.2, 0.25) is 5.02 Å². The molecule has 30 heavy (non-hydrogen) atoms. The van der Waals surface area contributed by atoms with E-state index in [1.165, 1.54) is 24.3 Å². The van der Waals surface area contributed by atoms with Gasteiger partial charge in [0, 0.05) is 11.4 Å². The number of aliphatic carboxylic acids is 1. The summed E-state index contributed by atoms with van der Waals surface area (Å²) in [5.41, 5.74) is 0.206. The highest BCUT2D eigenvalue weighted by Crippen LogP contribution is 2.17. The molecule has 166 valence electrons. The van der Waals surface area contributed by atoms with Crippen LogP contribution in [0.15, 0.2) is 24.3 Å². The van der Waals surface area contributed by atoms with E-state index >= 15 is 0 Å². The molecule has 8 nitrogen and oxygen atoms in total. The van der Waals surface area contributed by atoms with Crippen LogP contribution in [0.3, 0.4) is 0 Å². The van der Waals surface area contributed by atoms with Crippen molar-refractivity contribution in [1.82, 2.24) is 10.6 Å². The topological polar surface area (TPSA) is 133 Å². The van der Waals surface area contributed by atoms with Gasteiger partial charge in [0.15, 0.2) is 6.10 Å². The number of carboxylic acids is 1. The van der Waals surface area contributed by atoms with Crippen molar-refractivity contribution in [1.29, 1.82) is 0 Å². The number of amides is 2. The van der Waals surface area contributed by atoms with E-state index in [0.29, 0.717) is 5.02 Å². The minimum absolute atomic E-state index is 0.0492. The molecule has 0 saturated carbocycles. The first kappa shape index (κ1) is 25.4. The average Bonchev–Trinajstić information content (AvgIpc) is 2.65. The zero-order valence-corrected chi connectivity index (χ0v) is 17.0. The van der Waals surface area contributed by atoms with Gasteiger partial charge in [-0.2, -0.15) is 0 Å². The Morgan fingerprint density at radius 1 is 0.967 bits per heavy atom. The minimum atomic E-state index is -3.04. The number of aliphatic hydroxyl groups excluding tert-OH is 1. The maximum absolute atomic E-state index is 12.7. The Balaban J connectivity index is 2.96. The number of hydrogen-bond donors (Lipinski definition) is 4. The van der Waals surface area contributed by atoms with Gasteiger partial charge in [0.25, 0.3) is 11.7 Å². The molecular formula is C19H23ClF2N2O6. The van der Waals surface area contributed by atoms with Gasteiger partial charge in [0.05, 0.1) is 0 Å². The minimum Gasteiger partial charge on any atom is -0.475 e. The number of nitrogens with one attached hydrogen (secondary N) is 2. The summed E-state index contributed by atoms with van der Waals surface area (Å²) in [4.78, 5) is 47.4. The van der Waals surface area contributed by atoms with Gasteiger partial charge in [-0.1, -0.05) is 37.6 Å². The molecule has 0 radical (unpaired) electrons. The first-order chi connectivity index (χ1) is 13.9. The molecular weight excluding hydrogens is 426 g/mol. The normalized spacial score (nSPS) is 14.1. The molecule has 0 aromatic heterocycles. The fraction of sp³-hybridized carbons (Fsp3) is 0.474. The Morgan fingerprint density at radius 3 is 1.97 bits per heavy atom. The third-order valence-corrected chi connectivity index (χ3v) is 4.28. The van der Waals surface area contributed by atoms with Crippen LogP contribution in [0.4, 0.5) is 8.78 Å². The molecule has 4 N–H and O–H groups in total. The van der Waals surface area contributed by atoms with Crippen molar-refractivity contribution in [3.63, 3.8) is 0 Å². The Hall–Kier alpha value is -2.59. The van der Waals surface area contributed by atoms with E-state index in [4.69, 9.17) is 16.7 Å². The van der Waals surface area contributed by atoms with E-state index in [1.807, 2.05) is 5.32 Å². The van der Waals surface area contributed by atoms with Gasteiger partial charge in [-0.3, -0.25) is 14.4 Å². The van der Waals surface area contributed by atoms with E-state index in [-0.39, 0.29) is 17.9 Å². The molecule has 0 fully saturated rings. The van der Waals surface area contributed by atoms with E-state index in [9.17, 15) is 33.1 Å². The first-order valence-corrected chi connectivity index (χ1v) is 9.39. The zero-order valence-electron chi connectivity index (χ0n) is 16.3. The van der Waals surface area contributed by atoms with Crippen LogP contribution in [0.5, 0.6) is 0 Å². The highest BCUT2D eigenvalue weighted by Gasteiger charge is 2.33. The molecule has 0 saturated heterocycles. The number of carbonyl (C=O) groups excluding carboxylic acids is 3. The lowest BCUT2D eigenvalue weighted by atomic mass is 10.0. The van der Waals surface area contributed by atoms with Crippen molar-refractivity contribution >= 4 is 35.2 Å². The second-order valence-corrected chi connectivity index (χ2v) is 7.44. The predicted octanol–water partition coefficient (Wildman–Crippen LogP) is 1.70. The third-order valence-electron chi connectivity index (χ3n) is 4.03. The van der Waals surface area contributed by atoms with Crippen LogP contribution < -0.4 is 10.6 Å². The lowest BCUT2D eigenvalue weighted by Crippen LogP contribution is -2.54. The lowest BCUT2D eigenvalue weighted by molar-refractivity contribution is -0.151. The van der Waals surface area contributed by atoms with Gasteiger partial charge < -0.3 is 20.8 Å². The van der Waals surface area contributed by atoms with Crippen LogP contribution in [0.1, 0.15) is 38.4 Å². The summed E-state index contributed by atoms with van der Waals surface area (Å²) < 4.78 is 25.4. The Bertz CT molecular complexity index is 773. The Morgan fingerprint density at radius 2 is 1.50 bits per heavy atom. The lowest BCUT2D eigenvalue weighted by Gasteiger charge is -2.24. The van der Waals surface area contributed by atoms with Crippen molar-refractivity contribution in [3.8, 4) is 0 Å². The Kier molecular flexibility index (Phi) is 9.80. The number of ketones is 1. The fourth-order valence-corrected chi connectivity index (χ4v) is 2.71.